The molecule has 0 aromatic heterocycles. The van der Waals surface area contributed by atoms with Gasteiger partial charge in [0.15, 0.2) is 5.78 Å². The fourth-order valence-corrected chi connectivity index (χ4v) is 1.53. The molecule has 0 bridgehead atoms. The molecule has 1 rings (SSSR count). The summed E-state index contributed by atoms with van der Waals surface area (Å²) >= 11 is 0. The van der Waals surface area contributed by atoms with Crippen molar-refractivity contribution in [3.63, 3.8) is 0 Å². The Bertz CT molecular complexity index is 462. The van der Waals surface area contributed by atoms with Crippen molar-refractivity contribution in [3.05, 3.63) is 47.7 Å². The summed E-state index contributed by atoms with van der Waals surface area (Å²) in [5.41, 5.74) is 7.06. The zero-order chi connectivity index (χ0) is 13.7. The predicted molar refractivity (Wildman–Crippen MR) is 69.5 cm³/mol. The second-order valence-electron chi connectivity index (χ2n) is 4.30. The number of ketones is 2. The lowest BCUT2D eigenvalue weighted by Gasteiger charge is -2.10. The van der Waals surface area contributed by atoms with E-state index in [0.717, 1.165) is 5.56 Å². The summed E-state index contributed by atoms with van der Waals surface area (Å²) in [5.74, 6) is -0.403. The third kappa shape index (κ3) is 4.14. The minimum absolute atomic E-state index is 0.0632. The third-order valence-corrected chi connectivity index (χ3v) is 2.57. The third-order valence-electron chi connectivity index (χ3n) is 2.57. The van der Waals surface area contributed by atoms with Crippen LogP contribution in [-0.2, 0) is 11.2 Å². The fourth-order valence-electron chi connectivity index (χ4n) is 1.53. The van der Waals surface area contributed by atoms with Crippen molar-refractivity contribution in [2.75, 3.05) is 0 Å². The van der Waals surface area contributed by atoms with Crippen molar-refractivity contribution in [1.82, 2.24) is 0 Å². The average Bonchev–Trinajstić information content (AvgIpc) is 2.28. The number of benzene rings is 1. The molecule has 4 heteroatoms. The zero-order valence-corrected chi connectivity index (χ0v) is 10.3. The first-order valence-corrected chi connectivity index (χ1v) is 5.65. The van der Waals surface area contributed by atoms with Crippen molar-refractivity contribution in [3.8, 4) is 0 Å². The van der Waals surface area contributed by atoms with Gasteiger partial charge in [0.05, 0.1) is 12.5 Å². The highest BCUT2D eigenvalue weighted by Crippen LogP contribution is 2.10. The highest BCUT2D eigenvalue weighted by molar-refractivity contribution is 6.07. The normalized spacial score (nSPS) is 11.9. The van der Waals surface area contributed by atoms with E-state index in [2.05, 4.69) is 6.58 Å². The molecule has 0 fully saturated rings. The zero-order valence-electron chi connectivity index (χ0n) is 10.3. The molecule has 0 amide bonds. The maximum atomic E-state index is 11.6. The number of aliphatic hydroxyl groups excluding tert-OH is 1. The van der Waals surface area contributed by atoms with E-state index in [4.69, 9.17) is 10.8 Å². The smallest absolute Gasteiger partial charge is 0.170 e. The van der Waals surface area contributed by atoms with Gasteiger partial charge in [0.2, 0.25) is 0 Å². The summed E-state index contributed by atoms with van der Waals surface area (Å²) in [4.78, 5) is 22.4. The van der Waals surface area contributed by atoms with Crippen LogP contribution in [0.15, 0.2) is 36.6 Å². The number of hydrogen-bond acceptors (Lipinski definition) is 4. The fraction of sp³-hybridized carbons (Fsp3) is 0.286. The largest absolute Gasteiger partial charge is 0.511 e. The second-order valence-corrected chi connectivity index (χ2v) is 4.30. The Morgan fingerprint density at radius 3 is 2.33 bits per heavy atom. The van der Waals surface area contributed by atoms with Gasteiger partial charge in [-0.1, -0.05) is 30.8 Å². The Labute approximate surface area is 106 Å². The van der Waals surface area contributed by atoms with Crippen molar-refractivity contribution in [2.24, 2.45) is 5.73 Å². The second kappa shape index (κ2) is 6.12. The van der Waals surface area contributed by atoms with Crippen LogP contribution < -0.4 is 5.73 Å². The van der Waals surface area contributed by atoms with Gasteiger partial charge in [-0.3, -0.25) is 9.59 Å². The maximum absolute atomic E-state index is 11.6. The number of Topliss-reactive ketones (excluding diaryl/α,β-unsaturated/α-hetero) is 2. The lowest BCUT2D eigenvalue weighted by atomic mass is 10.0. The highest BCUT2D eigenvalue weighted by atomic mass is 16.3. The number of carbonyl (C=O) groups is 2. The Morgan fingerprint density at radius 1 is 1.33 bits per heavy atom. The van der Waals surface area contributed by atoms with Crippen molar-refractivity contribution in [1.29, 1.82) is 0 Å². The Hall–Kier alpha value is -1.94. The number of rotatable bonds is 6. The maximum Gasteiger partial charge on any atom is 0.170 e. The van der Waals surface area contributed by atoms with Crippen molar-refractivity contribution < 1.29 is 14.7 Å². The molecule has 0 radical (unpaired) electrons. The molecule has 4 nitrogen and oxygen atoms in total. The average molecular weight is 247 g/mol. The molecule has 0 aliphatic heterocycles. The van der Waals surface area contributed by atoms with Crippen LogP contribution in [0, 0.1) is 0 Å². The lowest BCUT2D eigenvalue weighted by Crippen LogP contribution is -2.24. The minimum Gasteiger partial charge on any atom is -0.511 e. The molecule has 1 unspecified atom stereocenters. The number of nitrogens with two attached hydrogens (primary N) is 1. The molecule has 1 aromatic rings. The topological polar surface area (TPSA) is 80.4 Å². The number of carbonyl (C=O) groups excluding carboxylic acids is 2. The van der Waals surface area contributed by atoms with Crippen molar-refractivity contribution >= 4 is 11.6 Å². The molecule has 1 atom stereocenters. The van der Waals surface area contributed by atoms with E-state index in [-0.39, 0.29) is 23.7 Å². The molecule has 18 heavy (non-hydrogen) atoms. The van der Waals surface area contributed by atoms with Gasteiger partial charge in [0, 0.05) is 5.56 Å². The summed E-state index contributed by atoms with van der Waals surface area (Å²) in [7, 11) is 0. The molecule has 0 heterocycles. The molecule has 0 saturated carbocycles. The Morgan fingerprint density at radius 2 is 1.89 bits per heavy atom. The lowest BCUT2D eigenvalue weighted by molar-refractivity contribution is -0.116. The van der Waals surface area contributed by atoms with Crippen LogP contribution in [-0.4, -0.2) is 22.7 Å². The van der Waals surface area contributed by atoms with Gasteiger partial charge in [-0.15, -0.1) is 0 Å². The van der Waals surface area contributed by atoms with E-state index < -0.39 is 6.04 Å². The van der Waals surface area contributed by atoms with Gasteiger partial charge in [-0.05, 0) is 18.9 Å². The van der Waals surface area contributed by atoms with Gasteiger partial charge in [0.1, 0.15) is 11.5 Å². The molecule has 0 aliphatic carbocycles. The summed E-state index contributed by atoms with van der Waals surface area (Å²) in [6.45, 7) is 4.76. The van der Waals surface area contributed by atoms with Crippen LogP contribution in [0.3, 0.4) is 0 Å². The number of hydrogen-bond donors (Lipinski definition) is 2. The van der Waals surface area contributed by atoms with Crippen LogP contribution in [0.2, 0.25) is 0 Å². The minimum atomic E-state index is -0.510. The van der Waals surface area contributed by atoms with E-state index in [0.29, 0.717) is 12.0 Å². The quantitative estimate of drug-likeness (QED) is 0.456. The molecular formula is C14H17NO3. The summed E-state index contributed by atoms with van der Waals surface area (Å²) in [6.07, 6.45) is 0.378. The van der Waals surface area contributed by atoms with E-state index in [1.165, 1.54) is 6.92 Å². The molecular weight excluding hydrogens is 230 g/mol. The molecule has 0 aliphatic rings. The van der Waals surface area contributed by atoms with Crippen molar-refractivity contribution in [2.45, 2.75) is 25.8 Å². The van der Waals surface area contributed by atoms with E-state index in [1.807, 2.05) is 0 Å². The standard InChI is InChI=1S/C14H17NO3/c1-9(16)7-14(18)12-5-3-11(4-6-12)8-13(15)10(2)17/h3-6,13,17H,2,7-8,15H2,1H3. The summed E-state index contributed by atoms with van der Waals surface area (Å²) < 4.78 is 0. The van der Waals surface area contributed by atoms with Gasteiger partial charge < -0.3 is 10.8 Å². The monoisotopic (exact) mass is 247 g/mol. The first kappa shape index (κ1) is 14.1. The molecule has 96 valence electrons. The first-order chi connectivity index (χ1) is 8.40. The van der Waals surface area contributed by atoms with Gasteiger partial charge in [-0.2, -0.15) is 0 Å². The van der Waals surface area contributed by atoms with Gasteiger partial charge in [0.25, 0.3) is 0 Å². The highest BCUT2D eigenvalue weighted by Gasteiger charge is 2.10. The van der Waals surface area contributed by atoms with E-state index in [1.54, 1.807) is 24.3 Å². The molecule has 0 saturated heterocycles. The van der Waals surface area contributed by atoms with E-state index in [9.17, 15) is 9.59 Å². The molecule has 1 aromatic carbocycles. The van der Waals surface area contributed by atoms with Gasteiger partial charge >= 0.3 is 0 Å². The molecule has 0 spiro atoms. The first-order valence-electron chi connectivity index (χ1n) is 5.65. The summed E-state index contributed by atoms with van der Waals surface area (Å²) in [5, 5.41) is 9.11. The molecule has 3 N–H and O–H groups in total. The Kier molecular flexibility index (Phi) is 4.80. The summed E-state index contributed by atoms with van der Waals surface area (Å²) in [6, 6.07) is 6.33. The van der Waals surface area contributed by atoms with Crippen LogP contribution in [0.1, 0.15) is 29.3 Å². The number of aliphatic hydroxyl groups is 1. The van der Waals surface area contributed by atoms with Crippen LogP contribution in [0.5, 0.6) is 0 Å². The van der Waals surface area contributed by atoms with Crippen LogP contribution in [0.25, 0.3) is 0 Å². The van der Waals surface area contributed by atoms with Crippen LogP contribution in [0.4, 0.5) is 0 Å². The van der Waals surface area contributed by atoms with Crippen LogP contribution >= 0.6 is 0 Å². The van der Waals surface area contributed by atoms with E-state index >= 15 is 0 Å². The predicted octanol–water partition coefficient (Wildman–Crippen LogP) is 1.79. The Balaban J connectivity index is 2.71. The SMILES string of the molecule is C=C(O)C(N)Cc1ccc(C(=O)CC(C)=O)cc1. The van der Waals surface area contributed by atoms with Gasteiger partial charge in [-0.25, -0.2) is 0 Å².